The summed E-state index contributed by atoms with van der Waals surface area (Å²) < 4.78 is 0. The lowest BCUT2D eigenvalue weighted by atomic mass is 10.0. The number of aryl methyl sites for hydroxylation is 1. The summed E-state index contributed by atoms with van der Waals surface area (Å²) >= 11 is 0. The smallest absolute Gasteiger partial charge is 0.407 e. The highest BCUT2D eigenvalue weighted by Crippen LogP contribution is 2.26. The van der Waals surface area contributed by atoms with Gasteiger partial charge in [-0.25, -0.2) is 9.78 Å². The third-order valence-corrected chi connectivity index (χ3v) is 4.74. The first kappa shape index (κ1) is 17.0. The van der Waals surface area contributed by atoms with E-state index >= 15 is 0 Å². The molecular weight excluding hydrogens is 318 g/mol. The molecule has 0 bridgehead atoms. The third-order valence-electron chi connectivity index (χ3n) is 4.74. The molecule has 0 saturated carbocycles. The maximum atomic E-state index is 11.0. The van der Waals surface area contributed by atoms with Crippen LogP contribution in [-0.2, 0) is 0 Å². The van der Waals surface area contributed by atoms with Gasteiger partial charge in [0.25, 0.3) is 0 Å². The van der Waals surface area contributed by atoms with Gasteiger partial charge in [-0.15, -0.1) is 0 Å². The third kappa shape index (κ3) is 3.81. The lowest BCUT2D eigenvalue weighted by Gasteiger charge is -2.30. The molecule has 25 heavy (non-hydrogen) atoms. The van der Waals surface area contributed by atoms with Gasteiger partial charge in [0.1, 0.15) is 5.82 Å². The van der Waals surface area contributed by atoms with Crippen molar-refractivity contribution in [2.45, 2.75) is 32.7 Å². The molecule has 132 valence electrons. The maximum absolute atomic E-state index is 11.0. The molecule has 2 aromatic rings. The van der Waals surface area contributed by atoms with E-state index in [2.05, 4.69) is 35.2 Å². The van der Waals surface area contributed by atoms with E-state index in [9.17, 15) is 4.79 Å². The van der Waals surface area contributed by atoms with Crippen LogP contribution >= 0.6 is 0 Å². The number of nitrogens with zero attached hydrogens (tertiary/aromatic N) is 3. The van der Waals surface area contributed by atoms with E-state index in [0.717, 1.165) is 24.1 Å². The summed E-state index contributed by atoms with van der Waals surface area (Å²) in [6.45, 7) is 5.19. The van der Waals surface area contributed by atoms with Crippen LogP contribution in [0.25, 0.3) is 11.3 Å². The monoisotopic (exact) mass is 341 g/mol. The summed E-state index contributed by atoms with van der Waals surface area (Å²) in [6, 6.07) is 8.18. The van der Waals surface area contributed by atoms with Crippen LogP contribution in [0.4, 0.5) is 16.6 Å². The molecule has 0 radical (unpaired) electrons. The quantitative estimate of drug-likeness (QED) is 0.793. The summed E-state index contributed by atoms with van der Waals surface area (Å²) in [7, 11) is 0. The second-order valence-electron chi connectivity index (χ2n) is 6.43. The van der Waals surface area contributed by atoms with Crippen molar-refractivity contribution in [3.05, 3.63) is 35.4 Å². The first-order valence-electron chi connectivity index (χ1n) is 8.39. The molecule has 4 N–H and O–H groups in total. The van der Waals surface area contributed by atoms with Gasteiger partial charge in [-0.2, -0.15) is 4.98 Å². The number of likely N-dealkylation sites (tertiary alicyclic amines) is 1. The van der Waals surface area contributed by atoms with E-state index in [-0.39, 0.29) is 12.0 Å². The number of hydrogen-bond acceptors (Lipinski definition) is 5. The number of benzene rings is 1. The highest BCUT2D eigenvalue weighted by atomic mass is 16.4. The first-order valence-corrected chi connectivity index (χ1v) is 8.39. The number of rotatable bonds is 3. The topological polar surface area (TPSA) is 104 Å². The molecule has 1 aromatic carbocycles. The Morgan fingerprint density at radius 2 is 2.00 bits per heavy atom. The average molecular weight is 341 g/mol. The minimum absolute atomic E-state index is 0.177. The van der Waals surface area contributed by atoms with Crippen LogP contribution in [0.5, 0.6) is 0 Å². The number of nitrogens with one attached hydrogen (secondary N) is 1. The van der Waals surface area contributed by atoms with Crippen molar-refractivity contribution in [2.24, 2.45) is 0 Å². The summed E-state index contributed by atoms with van der Waals surface area (Å²) in [4.78, 5) is 21.1. The van der Waals surface area contributed by atoms with Gasteiger partial charge in [-0.05, 0) is 37.8 Å². The molecule has 1 aromatic heterocycles. The van der Waals surface area contributed by atoms with Gasteiger partial charge in [0.05, 0.1) is 5.69 Å². The van der Waals surface area contributed by atoms with Crippen molar-refractivity contribution in [1.82, 2.24) is 14.9 Å². The van der Waals surface area contributed by atoms with Crippen LogP contribution in [0, 0.1) is 13.8 Å². The Morgan fingerprint density at radius 1 is 1.28 bits per heavy atom. The number of piperidine rings is 1. The van der Waals surface area contributed by atoms with Crippen molar-refractivity contribution in [2.75, 3.05) is 24.1 Å². The highest BCUT2D eigenvalue weighted by Gasteiger charge is 2.22. The van der Waals surface area contributed by atoms with Crippen LogP contribution in [0.1, 0.15) is 24.0 Å². The molecule has 1 amide bonds. The SMILES string of the molecule is Cc1cccc(-c2cc(NC3CCN(C(=O)O)CC3)nc(N)n2)c1C. The van der Waals surface area contributed by atoms with Crippen LogP contribution in [-0.4, -0.2) is 45.2 Å². The standard InChI is InChI=1S/C18H23N5O2/c1-11-4-3-5-14(12(11)2)15-10-16(22-17(19)21-15)20-13-6-8-23(9-7-13)18(24)25/h3-5,10,13H,6-9H2,1-2H3,(H,24,25)(H3,19,20,21,22). The molecule has 0 atom stereocenters. The largest absolute Gasteiger partial charge is 0.465 e. The fraction of sp³-hybridized carbons (Fsp3) is 0.389. The van der Waals surface area contributed by atoms with Gasteiger partial charge in [0.15, 0.2) is 0 Å². The Morgan fingerprint density at radius 3 is 2.68 bits per heavy atom. The van der Waals surface area contributed by atoms with Gasteiger partial charge in [0, 0.05) is 30.8 Å². The van der Waals surface area contributed by atoms with Gasteiger partial charge >= 0.3 is 6.09 Å². The van der Waals surface area contributed by atoms with E-state index in [1.165, 1.54) is 16.0 Å². The van der Waals surface area contributed by atoms with Crippen LogP contribution in [0.15, 0.2) is 24.3 Å². The normalized spacial score (nSPS) is 15.2. The van der Waals surface area contributed by atoms with Crippen molar-refractivity contribution >= 4 is 17.9 Å². The van der Waals surface area contributed by atoms with Gasteiger partial charge in [0.2, 0.25) is 5.95 Å². The van der Waals surface area contributed by atoms with E-state index in [0.29, 0.717) is 18.9 Å². The molecule has 1 fully saturated rings. The molecule has 7 heteroatoms. The Balaban J connectivity index is 1.79. The van der Waals surface area contributed by atoms with Crippen molar-refractivity contribution in [1.29, 1.82) is 0 Å². The zero-order valence-corrected chi connectivity index (χ0v) is 14.5. The molecule has 3 rings (SSSR count). The number of hydrogen-bond donors (Lipinski definition) is 3. The van der Waals surface area contributed by atoms with Crippen molar-refractivity contribution in [3.63, 3.8) is 0 Å². The zero-order chi connectivity index (χ0) is 18.0. The van der Waals surface area contributed by atoms with Gasteiger partial charge in [-0.3, -0.25) is 0 Å². The summed E-state index contributed by atoms with van der Waals surface area (Å²) in [5.41, 5.74) is 10.1. The lowest BCUT2D eigenvalue weighted by molar-refractivity contribution is 0.134. The number of nitrogen functional groups attached to an aromatic ring is 1. The van der Waals surface area contributed by atoms with E-state index in [1.54, 1.807) is 0 Å². The Labute approximate surface area is 146 Å². The molecule has 0 unspecified atom stereocenters. The molecule has 2 heterocycles. The average Bonchev–Trinajstić information content (AvgIpc) is 2.57. The van der Waals surface area contributed by atoms with Crippen molar-refractivity contribution in [3.8, 4) is 11.3 Å². The minimum atomic E-state index is -0.859. The summed E-state index contributed by atoms with van der Waals surface area (Å²) in [5.74, 6) is 0.904. The fourth-order valence-corrected chi connectivity index (χ4v) is 3.13. The molecular formula is C18H23N5O2. The molecule has 0 aliphatic carbocycles. The number of anilines is 2. The lowest BCUT2D eigenvalue weighted by Crippen LogP contribution is -2.41. The predicted molar refractivity (Wildman–Crippen MR) is 97.6 cm³/mol. The van der Waals surface area contributed by atoms with Crippen molar-refractivity contribution < 1.29 is 9.90 Å². The second-order valence-corrected chi connectivity index (χ2v) is 6.43. The highest BCUT2D eigenvalue weighted by molar-refractivity contribution is 5.68. The molecule has 1 saturated heterocycles. The summed E-state index contributed by atoms with van der Waals surface area (Å²) in [6.07, 6.45) is 0.631. The van der Waals surface area contributed by atoms with E-state index < -0.39 is 6.09 Å². The second kappa shape index (κ2) is 6.96. The van der Waals surface area contributed by atoms with Crippen LogP contribution < -0.4 is 11.1 Å². The number of aromatic nitrogens is 2. The number of nitrogens with two attached hydrogens (primary N) is 1. The van der Waals surface area contributed by atoms with E-state index in [4.69, 9.17) is 10.8 Å². The van der Waals surface area contributed by atoms with Gasteiger partial charge in [-0.1, -0.05) is 18.2 Å². The molecule has 0 spiro atoms. The fourth-order valence-electron chi connectivity index (χ4n) is 3.13. The predicted octanol–water partition coefficient (Wildman–Crippen LogP) is 2.90. The van der Waals surface area contributed by atoms with Crippen LogP contribution in [0.3, 0.4) is 0 Å². The Hall–Kier alpha value is -2.83. The number of carbonyl (C=O) groups is 1. The molecule has 1 aliphatic heterocycles. The van der Waals surface area contributed by atoms with E-state index in [1.807, 2.05) is 18.2 Å². The maximum Gasteiger partial charge on any atom is 0.407 e. The van der Waals surface area contributed by atoms with Crippen LogP contribution in [0.2, 0.25) is 0 Å². The molecule has 7 nitrogen and oxygen atoms in total. The number of carboxylic acid groups (broad SMARTS) is 1. The molecule has 1 aliphatic rings. The Kier molecular flexibility index (Phi) is 4.74. The zero-order valence-electron chi connectivity index (χ0n) is 14.5. The summed E-state index contributed by atoms with van der Waals surface area (Å²) in [5, 5.41) is 12.4. The Bertz CT molecular complexity index is 785. The minimum Gasteiger partial charge on any atom is -0.465 e. The van der Waals surface area contributed by atoms with Gasteiger partial charge < -0.3 is 21.1 Å². The first-order chi connectivity index (χ1) is 11.9. The number of amides is 1.